The molecule has 0 aromatic heterocycles. The van der Waals surface area contributed by atoms with E-state index in [0.717, 1.165) is 14.9 Å². The minimum absolute atomic E-state index is 0.173. The van der Waals surface area contributed by atoms with Gasteiger partial charge in [0.25, 0.3) is 5.91 Å². The summed E-state index contributed by atoms with van der Waals surface area (Å²) in [5.74, 6) is -0.629. The molecule has 132 valence electrons. The van der Waals surface area contributed by atoms with E-state index in [-0.39, 0.29) is 24.8 Å². The zero-order valence-electron chi connectivity index (χ0n) is 13.6. The van der Waals surface area contributed by atoms with Gasteiger partial charge in [-0.2, -0.15) is 0 Å². The summed E-state index contributed by atoms with van der Waals surface area (Å²) in [5.41, 5.74) is 1.58. The average Bonchev–Trinajstić information content (AvgIpc) is 2.57. The molecule has 0 bridgehead atoms. The number of hydrogen-bond acceptors (Lipinski definition) is 4. The maximum absolute atomic E-state index is 12.8. The molecule has 0 aliphatic carbocycles. The van der Waals surface area contributed by atoms with Crippen LogP contribution in [0.2, 0.25) is 0 Å². The molecule has 0 spiro atoms. The fraction of sp³-hybridized carbons (Fsp3) is 0.222. The molecule has 4 nitrogen and oxygen atoms in total. The number of carbonyl (C=O) groups excluding carboxylic acids is 2. The van der Waals surface area contributed by atoms with Gasteiger partial charge in [-0.15, -0.1) is 11.8 Å². The number of thioether (sulfide) groups is 1. The molecule has 0 fully saturated rings. The van der Waals surface area contributed by atoms with E-state index < -0.39 is 5.97 Å². The Kier molecular flexibility index (Phi) is 7.46. The summed E-state index contributed by atoms with van der Waals surface area (Å²) in [7, 11) is 0. The summed E-state index contributed by atoms with van der Waals surface area (Å²) in [6.45, 7) is 1.55. The van der Waals surface area contributed by atoms with Gasteiger partial charge in [0.15, 0.2) is 6.61 Å². The largest absolute Gasteiger partial charge is 0.456 e. The summed E-state index contributed by atoms with van der Waals surface area (Å²) < 4.78 is 18.7. The molecular weight excluding hydrogens is 409 g/mol. The topological polar surface area (TPSA) is 55.4 Å². The second-order valence-electron chi connectivity index (χ2n) is 5.22. The summed E-state index contributed by atoms with van der Waals surface area (Å²) in [6.07, 6.45) is 0.173. The van der Waals surface area contributed by atoms with Crippen molar-refractivity contribution < 1.29 is 18.7 Å². The first-order chi connectivity index (χ1) is 11.9. The number of rotatable bonds is 7. The second kappa shape index (κ2) is 9.58. The lowest BCUT2D eigenvalue weighted by Crippen LogP contribution is -2.21. The van der Waals surface area contributed by atoms with E-state index in [2.05, 4.69) is 21.2 Å². The van der Waals surface area contributed by atoms with Crippen molar-refractivity contribution in [1.82, 2.24) is 0 Å². The van der Waals surface area contributed by atoms with Gasteiger partial charge in [0, 0.05) is 20.8 Å². The molecule has 0 atom stereocenters. The highest BCUT2D eigenvalue weighted by atomic mass is 79.9. The Bertz CT molecular complexity index is 752. The van der Waals surface area contributed by atoms with Gasteiger partial charge in [-0.25, -0.2) is 4.39 Å². The van der Waals surface area contributed by atoms with Crippen LogP contribution in [0.4, 0.5) is 10.1 Å². The highest BCUT2D eigenvalue weighted by Gasteiger charge is 2.09. The minimum atomic E-state index is -0.447. The van der Waals surface area contributed by atoms with Crippen LogP contribution in [0.1, 0.15) is 12.0 Å². The summed E-state index contributed by atoms with van der Waals surface area (Å²) >= 11 is 4.78. The first kappa shape index (κ1) is 19.5. The first-order valence-corrected chi connectivity index (χ1v) is 9.32. The van der Waals surface area contributed by atoms with Crippen LogP contribution < -0.4 is 5.32 Å². The molecule has 0 heterocycles. The molecule has 1 N–H and O–H groups in total. The van der Waals surface area contributed by atoms with Gasteiger partial charge < -0.3 is 10.1 Å². The standard InChI is InChI=1S/C18H17BrFNO3S/c1-12-10-13(19)2-7-16(12)21-17(22)11-24-18(23)8-9-25-15-5-3-14(20)4-6-15/h2-7,10H,8-9,11H2,1H3,(H,21,22). The van der Waals surface area contributed by atoms with Crippen molar-refractivity contribution in [2.24, 2.45) is 0 Å². The van der Waals surface area contributed by atoms with Gasteiger partial charge in [0.1, 0.15) is 5.82 Å². The fourth-order valence-electron chi connectivity index (χ4n) is 1.95. The Morgan fingerprint density at radius 1 is 1.20 bits per heavy atom. The minimum Gasteiger partial charge on any atom is -0.456 e. The Balaban J connectivity index is 1.68. The molecule has 2 aromatic rings. The molecule has 0 radical (unpaired) electrons. The van der Waals surface area contributed by atoms with Gasteiger partial charge in [0.2, 0.25) is 0 Å². The van der Waals surface area contributed by atoms with E-state index in [9.17, 15) is 14.0 Å². The van der Waals surface area contributed by atoms with Crippen LogP contribution in [0.25, 0.3) is 0 Å². The predicted molar refractivity (Wildman–Crippen MR) is 100 cm³/mol. The van der Waals surface area contributed by atoms with E-state index >= 15 is 0 Å². The number of hydrogen-bond donors (Lipinski definition) is 1. The Labute approximate surface area is 158 Å². The van der Waals surface area contributed by atoms with Crippen LogP contribution >= 0.6 is 27.7 Å². The lowest BCUT2D eigenvalue weighted by atomic mass is 10.2. The molecular formula is C18H17BrFNO3S. The zero-order chi connectivity index (χ0) is 18.2. The van der Waals surface area contributed by atoms with E-state index in [1.54, 1.807) is 18.2 Å². The van der Waals surface area contributed by atoms with Crippen LogP contribution in [0.3, 0.4) is 0 Å². The fourth-order valence-corrected chi connectivity index (χ4v) is 3.26. The molecule has 0 aliphatic heterocycles. The molecule has 0 saturated heterocycles. The van der Waals surface area contributed by atoms with Gasteiger partial charge in [-0.1, -0.05) is 15.9 Å². The highest BCUT2D eigenvalue weighted by Crippen LogP contribution is 2.20. The Hall–Kier alpha value is -1.86. The second-order valence-corrected chi connectivity index (χ2v) is 7.30. The number of esters is 1. The van der Waals surface area contributed by atoms with E-state index in [1.165, 1.54) is 23.9 Å². The Morgan fingerprint density at radius 3 is 2.60 bits per heavy atom. The van der Waals surface area contributed by atoms with Crippen LogP contribution in [0, 0.1) is 12.7 Å². The van der Waals surface area contributed by atoms with Crippen LogP contribution in [-0.2, 0) is 14.3 Å². The van der Waals surface area contributed by atoms with Crippen molar-refractivity contribution in [2.45, 2.75) is 18.2 Å². The molecule has 0 unspecified atom stereocenters. The van der Waals surface area contributed by atoms with Crippen LogP contribution in [0.15, 0.2) is 51.8 Å². The Morgan fingerprint density at radius 2 is 1.92 bits per heavy atom. The van der Waals surface area contributed by atoms with Gasteiger partial charge >= 0.3 is 5.97 Å². The van der Waals surface area contributed by atoms with Crippen molar-refractivity contribution >= 4 is 45.3 Å². The smallest absolute Gasteiger partial charge is 0.307 e. The predicted octanol–water partition coefficient (Wildman–Crippen LogP) is 4.56. The van der Waals surface area contributed by atoms with Crippen molar-refractivity contribution in [3.63, 3.8) is 0 Å². The number of benzene rings is 2. The first-order valence-electron chi connectivity index (χ1n) is 7.54. The lowest BCUT2D eigenvalue weighted by Gasteiger charge is -2.09. The molecule has 2 aromatic carbocycles. The SMILES string of the molecule is Cc1cc(Br)ccc1NC(=O)COC(=O)CCSc1ccc(F)cc1. The molecule has 1 amide bonds. The number of halogens is 2. The van der Waals surface area contributed by atoms with Gasteiger partial charge in [-0.3, -0.25) is 9.59 Å². The average molecular weight is 426 g/mol. The number of carbonyl (C=O) groups is 2. The van der Waals surface area contributed by atoms with Crippen LogP contribution in [-0.4, -0.2) is 24.2 Å². The highest BCUT2D eigenvalue weighted by molar-refractivity contribution is 9.10. The number of aryl methyl sites for hydroxylation is 1. The summed E-state index contributed by atoms with van der Waals surface area (Å²) in [5, 5.41) is 2.70. The third-order valence-electron chi connectivity index (χ3n) is 3.22. The number of nitrogens with one attached hydrogen (secondary N) is 1. The van der Waals surface area contributed by atoms with Crippen molar-refractivity contribution in [1.29, 1.82) is 0 Å². The molecule has 0 aliphatic rings. The lowest BCUT2D eigenvalue weighted by molar-refractivity contribution is -0.146. The molecule has 0 saturated carbocycles. The maximum atomic E-state index is 12.8. The zero-order valence-corrected chi connectivity index (χ0v) is 16.0. The molecule has 7 heteroatoms. The van der Waals surface area contributed by atoms with E-state index in [4.69, 9.17) is 4.74 Å². The van der Waals surface area contributed by atoms with Gasteiger partial charge in [-0.05, 0) is 55.0 Å². The van der Waals surface area contributed by atoms with Gasteiger partial charge in [0.05, 0.1) is 6.42 Å². The third-order valence-corrected chi connectivity index (χ3v) is 4.72. The number of ether oxygens (including phenoxy) is 1. The monoisotopic (exact) mass is 425 g/mol. The van der Waals surface area contributed by atoms with E-state index in [1.807, 2.05) is 19.1 Å². The number of amides is 1. The quantitative estimate of drug-likeness (QED) is 0.521. The summed E-state index contributed by atoms with van der Waals surface area (Å²) in [6, 6.07) is 11.5. The number of anilines is 1. The summed E-state index contributed by atoms with van der Waals surface area (Å²) in [4.78, 5) is 24.4. The molecule has 25 heavy (non-hydrogen) atoms. The third kappa shape index (κ3) is 6.88. The molecule has 2 rings (SSSR count). The van der Waals surface area contributed by atoms with Crippen molar-refractivity contribution in [2.75, 3.05) is 17.7 Å². The normalized spacial score (nSPS) is 10.4. The maximum Gasteiger partial charge on any atom is 0.307 e. The van der Waals surface area contributed by atoms with Crippen molar-refractivity contribution in [3.05, 3.63) is 58.3 Å². The van der Waals surface area contributed by atoms with Crippen molar-refractivity contribution in [3.8, 4) is 0 Å². The van der Waals surface area contributed by atoms with Crippen LogP contribution in [0.5, 0.6) is 0 Å². The van der Waals surface area contributed by atoms with E-state index in [0.29, 0.717) is 11.4 Å².